The maximum atomic E-state index is 6.12. The molecule has 1 N–H and O–H groups in total. The summed E-state index contributed by atoms with van der Waals surface area (Å²) in [6.45, 7) is 10.3. The van der Waals surface area contributed by atoms with Crippen molar-refractivity contribution in [3.05, 3.63) is 23.8 Å². The highest BCUT2D eigenvalue weighted by atomic mass is 16.7. The van der Waals surface area contributed by atoms with Gasteiger partial charge < -0.3 is 19.5 Å². The highest BCUT2D eigenvalue weighted by Gasteiger charge is 2.33. The van der Waals surface area contributed by atoms with E-state index in [0.717, 1.165) is 30.9 Å². The van der Waals surface area contributed by atoms with E-state index in [4.69, 9.17) is 14.2 Å². The number of fused-ring (bicyclic) bond motifs is 1. The molecule has 4 heteroatoms. The second kappa shape index (κ2) is 7.14. The minimum absolute atomic E-state index is 0.170. The fourth-order valence-corrected chi connectivity index (χ4v) is 2.62. The number of nitrogens with one attached hydrogen (secondary N) is 1. The van der Waals surface area contributed by atoms with E-state index in [2.05, 4.69) is 32.2 Å². The van der Waals surface area contributed by atoms with Gasteiger partial charge in [-0.1, -0.05) is 13.0 Å². The van der Waals surface area contributed by atoms with Crippen LogP contribution in [0.5, 0.6) is 11.5 Å². The topological polar surface area (TPSA) is 39.7 Å². The van der Waals surface area contributed by atoms with Crippen LogP contribution in [0.3, 0.4) is 0 Å². The maximum absolute atomic E-state index is 6.12. The third-order valence-electron chi connectivity index (χ3n) is 3.60. The first kappa shape index (κ1) is 16.1. The first-order chi connectivity index (χ1) is 10.1. The highest BCUT2D eigenvalue weighted by molar-refractivity contribution is 5.44. The molecule has 0 radical (unpaired) electrons. The Kier molecular flexibility index (Phi) is 5.48. The molecule has 0 saturated heterocycles. The second-order valence-corrected chi connectivity index (χ2v) is 6.03. The summed E-state index contributed by atoms with van der Waals surface area (Å²) in [7, 11) is 0. The Morgan fingerprint density at radius 1 is 1.33 bits per heavy atom. The summed E-state index contributed by atoms with van der Waals surface area (Å²) in [5, 5.41) is 3.61. The molecule has 0 fully saturated rings. The van der Waals surface area contributed by atoms with E-state index in [0.29, 0.717) is 12.6 Å². The predicted octanol–water partition coefficient (Wildman–Crippen LogP) is 3.66. The second-order valence-electron chi connectivity index (χ2n) is 6.03. The Bertz CT molecular complexity index is 459. The molecule has 1 atom stereocenters. The van der Waals surface area contributed by atoms with E-state index >= 15 is 0 Å². The third kappa shape index (κ3) is 4.35. The van der Waals surface area contributed by atoms with Gasteiger partial charge >= 0.3 is 0 Å². The first-order valence-electron chi connectivity index (χ1n) is 7.82. The Morgan fingerprint density at radius 2 is 2.14 bits per heavy atom. The lowest BCUT2D eigenvalue weighted by atomic mass is 9.89. The molecule has 21 heavy (non-hydrogen) atoms. The molecule has 1 aromatic rings. The average molecular weight is 293 g/mol. The van der Waals surface area contributed by atoms with Crippen molar-refractivity contribution in [3.63, 3.8) is 0 Å². The third-order valence-corrected chi connectivity index (χ3v) is 3.60. The molecule has 4 nitrogen and oxygen atoms in total. The van der Waals surface area contributed by atoms with Gasteiger partial charge in [0.2, 0.25) is 0 Å². The van der Waals surface area contributed by atoms with Crippen molar-refractivity contribution >= 4 is 0 Å². The van der Waals surface area contributed by atoms with E-state index in [-0.39, 0.29) is 12.4 Å². The van der Waals surface area contributed by atoms with Crippen LogP contribution < -0.4 is 14.8 Å². The summed E-state index contributed by atoms with van der Waals surface area (Å²) in [6, 6.07) is 6.39. The smallest absolute Gasteiger partial charge is 0.189 e. The summed E-state index contributed by atoms with van der Waals surface area (Å²) in [5.41, 5.74) is 1.04. The summed E-state index contributed by atoms with van der Waals surface area (Å²) in [5.74, 6) is 1.70. The van der Waals surface area contributed by atoms with E-state index in [1.54, 1.807) is 0 Å². The zero-order chi connectivity index (χ0) is 15.3. The normalized spacial score (nSPS) is 19.7. The zero-order valence-corrected chi connectivity index (χ0v) is 13.6. The zero-order valence-electron chi connectivity index (χ0n) is 13.6. The molecule has 0 amide bonds. The van der Waals surface area contributed by atoms with Gasteiger partial charge in [0.05, 0.1) is 0 Å². The molecule has 1 aliphatic rings. The standard InChI is InChI=1S/C17H27NO3/c1-5-9-18-15-11-17(3,4)21-16-10-13(7-8-14(15)16)20-12-19-6-2/h7-8,10,15,18H,5-6,9,11-12H2,1-4H3. The molecule has 0 spiro atoms. The lowest BCUT2D eigenvalue weighted by Gasteiger charge is -2.38. The van der Waals surface area contributed by atoms with Crippen LogP contribution in [0.1, 0.15) is 52.1 Å². The Hall–Kier alpha value is -1.26. The van der Waals surface area contributed by atoms with Crippen LogP contribution in [0, 0.1) is 0 Å². The van der Waals surface area contributed by atoms with Gasteiger partial charge in [-0.05, 0) is 39.8 Å². The van der Waals surface area contributed by atoms with Gasteiger partial charge in [0.1, 0.15) is 17.1 Å². The van der Waals surface area contributed by atoms with Crippen LogP contribution in [-0.2, 0) is 4.74 Å². The molecular formula is C17H27NO3. The minimum atomic E-state index is -0.170. The summed E-state index contributed by atoms with van der Waals surface area (Å²) >= 11 is 0. The molecule has 118 valence electrons. The maximum Gasteiger partial charge on any atom is 0.189 e. The van der Waals surface area contributed by atoms with Gasteiger partial charge in [-0.15, -0.1) is 0 Å². The van der Waals surface area contributed by atoms with Crippen molar-refractivity contribution < 1.29 is 14.2 Å². The molecule has 0 saturated carbocycles. The monoisotopic (exact) mass is 293 g/mol. The molecular weight excluding hydrogens is 266 g/mol. The molecule has 1 heterocycles. The summed E-state index contributed by atoms with van der Waals surface area (Å²) in [4.78, 5) is 0. The van der Waals surface area contributed by atoms with Crippen molar-refractivity contribution in [1.82, 2.24) is 5.32 Å². The van der Waals surface area contributed by atoms with Crippen LogP contribution in [0.2, 0.25) is 0 Å². The van der Waals surface area contributed by atoms with Gasteiger partial charge in [-0.2, -0.15) is 0 Å². The molecule has 1 unspecified atom stereocenters. The van der Waals surface area contributed by atoms with E-state index < -0.39 is 0 Å². The quantitative estimate of drug-likeness (QED) is 0.615. The van der Waals surface area contributed by atoms with E-state index in [9.17, 15) is 0 Å². The SMILES string of the molecule is CCCNC1CC(C)(C)Oc2cc(OCOCC)ccc21. The van der Waals surface area contributed by atoms with Crippen LogP contribution in [0.25, 0.3) is 0 Å². The fourth-order valence-electron chi connectivity index (χ4n) is 2.62. The Balaban J connectivity index is 2.15. The number of hydrogen-bond donors (Lipinski definition) is 1. The van der Waals surface area contributed by atoms with Crippen LogP contribution in [0.15, 0.2) is 18.2 Å². The van der Waals surface area contributed by atoms with Crippen molar-refractivity contribution in [2.75, 3.05) is 19.9 Å². The molecule has 0 bridgehead atoms. The van der Waals surface area contributed by atoms with Gasteiger partial charge in [-0.25, -0.2) is 0 Å². The lowest BCUT2D eigenvalue weighted by Crippen LogP contribution is -2.39. The number of ether oxygens (including phenoxy) is 3. The average Bonchev–Trinajstić information content (AvgIpc) is 2.43. The Morgan fingerprint density at radius 3 is 2.86 bits per heavy atom. The van der Waals surface area contributed by atoms with Gasteiger partial charge in [-0.3, -0.25) is 0 Å². The molecule has 2 rings (SSSR count). The van der Waals surface area contributed by atoms with Crippen molar-refractivity contribution in [3.8, 4) is 11.5 Å². The van der Waals surface area contributed by atoms with E-state index in [1.807, 2.05) is 19.1 Å². The van der Waals surface area contributed by atoms with Crippen LogP contribution in [-0.4, -0.2) is 25.5 Å². The molecule has 1 aliphatic heterocycles. The Labute approximate surface area is 127 Å². The summed E-state index contributed by atoms with van der Waals surface area (Å²) in [6.07, 6.45) is 2.10. The van der Waals surface area contributed by atoms with Gasteiger partial charge in [0, 0.05) is 30.7 Å². The minimum Gasteiger partial charge on any atom is -0.487 e. The van der Waals surface area contributed by atoms with Crippen molar-refractivity contribution in [2.24, 2.45) is 0 Å². The van der Waals surface area contributed by atoms with Crippen LogP contribution >= 0.6 is 0 Å². The van der Waals surface area contributed by atoms with Crippen LogP contribution in [0.4, 0.5) is 0 Å². The number of benzene rings is 1. The number of hydrogen-bond acceptors (Lipinski definition) is 4. The summed E-state index contributed by atoms with van der Waals surface area (Å²) < 4.78 is 16.9. The lowest BCUT2D eigenvalue weighted by molar-refractivity contribution is 0.0215. The van der Waals surface area contributed by atoms with Gasteiger partial charge in [0.15, 0.2) is 6.79 Å². The molecule has 1 aromatic carbocycles. The first-order valence-corrected chi connectivity index (χ1v) is 7.82. The number of rotatable bonds is 7. The van der Waals surface area contributed by atoms with Crippen molar-refractivity contribution in [2.45, 2.75) is 52.2 Å². The predicted molar refractivity (Wildman–Crippen MR) is 83.9 cm³/mol. The highest BCUT2D eigenvalue weighted by Crippen LogP contribution is 2.41. The molecule has 0 aromatic heterocycles. The van der Waals surface area contributed by atoms with E-state index in [1.165, 1.54) is 5.56 Å². The largest absolute Gasteiger partial charge is 0.487 e. The fraction of sp³-hybridized carbons (Fsp3) is 0.647. The van der Waals surface area contributed by atoms with Crippen molar-refractivity contribution in [1.29, 1.82) is 0 Å². The molecule has 0 aliphatic carbocycles. The van der Waals surface area contributed by atoms with Gasteiger partial charge in [0.25, 0.3) is 0 Å².